The molecule has 1 amide bonds. The van der Waals surface area contributed by atoms with Gasteiger partial charge in [-0.15, -0.1) is 0 Å². The van der Waals surface area contributed by atoms with Gasteiger partial charge in [-0.05, 0) is 19.2 Å². The van der Waals surface area contributed by atoms with Crippen LogP contribution in [0.4, 0.5) is 0 Å². The number of aryl methyl sites for hydroxylation is 1. The molecule has 1 aliphatic heterocycles. The fourth-order valence-corrected chi connectivity index (χ4v) is 2.78. The van der Waals surface area contributed by atoms with Gasteiger partial charge in [-0.1, -0.05) is 13.8 Å². The fourth-order valence-electron chi connectivity index (χ4n) is 2.78. The van der Waals surface area contributed by atoms with E-state index in [0.29, 0.717) is 6.54 Å². The van der Waals surface area contributed by atoms with Gasteiger partial charge in [0.2, 0.25) is 5.91 Å². The first-order chi connectivity index (χ1) is 9.99. The Labute approximate surface area is 127 Å². The van der Waals surface area contributed by atoms with Gasteiger partial charge in [-0.2, -0.15) is 0 Å². The lowest BCUT2D eigenvalue weighted by atomic mass is 10.1. The van der Waals surface area contributed by atoms with E-state index in [1.165, 1.54) is 5.69 Å². The van der Waals surface area contributed by atoms with Gasteiger partial charge in [0.1, 0.15) is 0 Å². The third-order valence-electron chi connectivity index (χ3n) is 4.30. The van der Waals surface area contributed by atoms with E-state index in [1.807, 2.05) is 13.8 Å². The average molecular weight is 292 g/mol. The minimum atomic E-state index is 0.0338. The minimum Gasteiger partial charge on any atom is -0.354 e. The van der Waals surface area contributed by atoms with Gasteiger partial charge in [0.25, 0.3) is 0 Å². The Morgan fingerprint density at radius 2 is 1.90 bits per heavy atom. The van der Waals surface area contributed by atoms with Gasteiger partial charge >= 0.3 is 0 Å². The molecule has 0 aliphatic carbocycles. The molecule has 2 rings (SSSR count). The van der Waals surface area contributed by atoms with Crippen molar-refractivity contribution in [1.29, 1.82) is 0 Å². The predicted molar refractivity (Wildman–Crippen MR) is 85.1 cm³/mol. The Balaban J connectivity index is 2.07. The number of likely N-dealkylation sites (N-methyl/N-ethyl adjacent to an activating group) is 1. The molecule has 0 bridgehead atoms. The molecule has 1 aliphatic rings. The summed E-state index contributed by atoms with van der Waals surface area (Å²) >= 11 is 0. The van der Waals surface area contributed by atoms with Gasteiger partial charge in [0.15, 0.2) is 0 Å². The molecule has 1 unspecified atom stereocenters. The summed E-state index contributed by atoms with van der Waals surface area (Å²) in [5, 5.41) is 3.10. The quantitative estimate of drug-likeness (QED) is 0.883. The normalized spacial score (nSPS) is 18.9. The largest absolute Gasteiger partial charge is 0.354 e. The Hall–Kier alpha value is -1.33. The molecule has 21 heavy (non-hydrogen) atoms. The molecule has 1 aromatic rings. The molecule has 1 fully saturated rings. The van der Waals surface area contributed by atoms with Crippen LogP contribution in [0.1, 0.15) is 25.6 Å². The van der Waals surface area contributed by atoms with Crippen molar-refractivity contribution < 1.29 is 4.79 Å². The van der Waals surface area contributed by atoms with Crippen LogP contribution in [-0.4, -0.2) is 60.0 Å². The molecule has 0 aromatic carbocycles. The molecule has 0 radical (unpaired) electrons. The number of hydrogen-bond donors (Lipinski definition) is 1. The van der Waals surface area contributed by atoms with E-state index in [0.717, 1.165) is 26.2 Å². The highest BCUT2D eigenvalue weighted by Crippen LogP contribution is 2.21. The number of nitrogens with one attached hydrogen (secondary N) is 1. The van der Waals surface area contributed by atoms with Crippen molar-refractivity contribution in [1.82, 2.24) is 19.7 Å². The third-order valence-corrected chi connectivity index (χ3v) is 4.30. The van der Waals surface area contributed by atoms with Crippen LogP contribution in [0.25, 0.3) is 0 Å². The van der Waals surface area contributed by atoms with Crippen LogP contribution in [0, 0.1) is 5.92 Å². The number of carbonyl (C=O) groups is 1. The highest BCUT2D eigenvalue weighted by molar-refractivity contribution is 5.77. The molecule has 1 atom stereocenters. The molecular formula is C16H28N4O. The third kappa shape index (κ3) is 4.08. The summed E-state index contributed by atoms with van der Waals surface area (Å²) < 4.78 is 2.16. The van der Waals surface area contributed by atoms with Crippen molar-refractivity contribution in [2.45, 2.75) is 19.9 Å². The second-order valence-corrected chi connectivity index (χ2v) is 6.30. The SMILES string of the molecule is CC(C)C(=O)NCC(c1cccn1C)N1CCN(C)CC1. The van der Waals surface area contributed by atoms with Crippen LogP contribution in [0.15, 0.2) is 18.3 Å². The fraction of sp³-hybridized carbons (Fsp3) is 0.688. The highest BCUT2D eigenvalue weighted by Gasteiger charge is 2.26. The lowest BCUT2D eigenvalue weighted by Gasteiger charge is -2.38. The van der Waals surface area contributed by atoms with Crippen molar-refractivity contribution in [3.8, 4) is 0 Å². The maximum Gasteiger partial charge on any atom is 0.222 e. The first-order valence-electron chi connectivity index (χ1n) is 7.80. The zero-order valence-corrected chi connectivity index (χ0v) is 13.7. The van der Waals surface area contributed by atoms with Crippen molar-refractivity contribution in [3.05, 3.63) is 24.0 Å². The van der Waals surface area contributed by atoms with Crippen LogP contribution < -0.4 is 5.32 Å². The summed E-state index contributed by atoms with van der Waals surface area (Å²) in [6, 6.07) is 4.48. The summed E-state index contributed by atoms with van der Waals surface area (Å²) in [7, 11) is 4.23. The minimum absolute atomic E-state index is 0.0338. The van der Waals surface area contributed by atoms with Gasteiger partial charge < -0.3 is 14.8 Å². The molecule has 1 aromatic heterocycles. The second kappa shape index (κ2) is 7.09. The zero-order valence-electron chi connectivity index (χ0n) is 13.7. The van der Waals surface area contributed by atoms with Gasteiger partial charge in [0, 0.05) is 57.6 Å². The number of piperazine rings is 1. The lowest BCUT2D eigenvalue weighted by Crippen LogP contribution is -2.49. The lowest BCUT2D eigenvalue weighted by molar-refractivity contribution is -0.124. The number of hydrogen-bond acceptors (Lipinski definition) is 3. The van der Waals surface area contributed by atoms with Crippen molar-refractivity contribution in [3.63, 3.8) is 0 Å². The molecule has 0 spiro atoms. The average Bonchev–Trinajstić information content (AvgIpc) is 2.87. The summed E-state index contributed by atoms with van der Waals surface area (Å²) in [4.78, 5) is 16.7. The molecule has 5 nitrogen and oxygen atoms in total. The van der Waals surface area contributed by atoms with Crippen molar-refractivity contribution in [2.24, 2.45) is 13.0 Å². The van der Waals surface area contributed by atoms with E-state index in [2.05, 4.69) is 52.1 Å². The first kappa shape index (κ1) is 16.0. The summed E-state index contributed by atoms with van der Waals surface area (Å²) in [6.07, 6.45) is 2.07. The number of nitrogens with zero attached hydrogens (tertiary/aromatic N) is 3. The topological polar surface area (TPSA) is 40.5 Å². The van der Waals surface area contributed by atoms with Crippen molar-refractivity contribution in [2.75, 3.05) is 39.8 Å². The number of amides is 1. The molecule has 0 saturated carbocycles. The van der Waals surface area contributed by atoms with E-state index in [1.54, 1.807) is 0 Å². The van der Waals surface area contributed by atoms with E-state index in [9.17, 15) is 4.79 Å². The molecule has 2 heterocycles. The maximum absolute atomic E-state index is 11.9. The Morgan fingerprint density at radius 1 is 1.24 bits per heavy atom. The molecule has 5 heteroatoms. The summed E-state index contributed by atoms with van der Waals surface area (Å²) in [5.74, 6) is 0.162. The molecular weight excluding hydrogens is 264 g/mol. The number of carbonyl (C=O) groups excluding carboxylic acids is 1. The van der Waals surface area contributed by atoms with E-state index >= 15 is 0 Å². The van der Waals surface area contributed by atoms with E-state index in [4.69, 9.17) is 0 Å². The Morgan fingerprint density at radius 3 is 2.43 bits per heavy atom. The van der Waals surface area contributed by atoms with Crippen LogP contribution in [0.3, 0.4) is 0 Å². The van der Waals surface area contributed by atoms with Gasteiger partial charge in [0.05, 0.1) is 6.04 Å². The monoisotopic (exact) mass is 292 g/mol. The van der Waals surface area contributed by atoms with Crippen LogP contribution in [-0.2, 0) is 11.8 Å². The molecule has 1 saturated heterocycles. The van der Waals surface area contributed by atoms with Crippen LogP contribution in [0.5, 0.6) is 0 Å². The summed E-state index contributed by atoms with van der Waals surface area (Å²) in [5.41, 5.74) is 1.27. The smallest absolute Gasteiger partial charge is 0.222 e. The van der Waals surface area contributed by atoms with Gasteiger partial charge in [-0.3, -0.25) is 9.69 Å². The second-order valence-electron chi connectivity index (χ2n) is 6.30. The van der Waals surface area contributed by atoms with Crippen LogP contribution in [0.2, 0.25) is 0 Å². The Kier molecular flexibility index (Phi) is 5.42. The maximum atomic E-state index is 11.9. The highest BCUT2D eigenvalue weighted by atomic mass is 16.1. The molecule has 1 N–H and O–H groups in total. The van der Waals surface area contributed by atoms with Crippen LogP contribution >= 0.6 is 0 Å². The van der Waals surface area contributed by atoms with E-state index < -0.39 is 0 Å². The van der Waals surface area contributed by atoms with Gasteiger partial charge in [-0.25, -0.2) is 0 Å². The predicted octanol–water partition coefficient (Wildman–Crippen LogP) is 1.09. The van der Waals surface area contributed by atoms with E-state index in [-0.39, 0.29) is 17.9 Å². The molecule has 118 valence electrons. The first-order valence-corrected chi connectivity index (χ1v) is 7.80. The number of aromatic nitrogens is 1. The van der Waals surface area contributed by atoms with Crippen molar-refractivity contribution >= 4 is 5.91 Å². The summed E-state index contributed by atoms with van der Waals surface area (Å²) in [6.45, 7) is 8.80. The standard InChI is InChI=1S/C16H28N4O/c1-13(2)16(21)17-12-15(14-6-5-7-19(14)4)20-10-8-18(3)9-11-20/h5-7,13,15H,8-12H2,1-4H3,(H,17,21). The number of rotatable bonds is 5. The zero-order chi connectivity index (χ0) is 15.4. The Bertz CT molecular complexity index is 461.